The molecule has 0 amide bonds. The Labute approximate surface area is 203 Å². The van der Waals surface area contributed by atoms with E-state index in [0.29, 0.717) is 27.4 Å². The molecule has 0 atom stereocenters. The minimum absolute atomic E-state index is 0. The van der Waals surface area contributed by atoms with Crippen molar-refractivity contribution in [3.8, 4) is 34.1 Å². The van der Waals surface area contributed by atoms with Crippen molar-refractivity contribution in [1.82, 2.24) is 9.97 Å². The number of hydrogen-bond acceptors (Lipinski definition) is 4. The van der Waals surface area contributed by atoms with Gasteiger partial charge in [0.05, 0.1) is 24.6 Å². The number of benzene rings is 3. The largest absolute Gasteiger partial charge is 0.496 e. The van der Waals surface area contributed by atoms with Crippen LogP contribution in [-0.2, 0) is 6.61 Å². The van der Waals surface area contributed by atoms with Crippen LogP contribution in [0.4, 0.5) is 4.39 Å². The lowest BCUT2D eigenvalue weighted by molar-refractivity contribution is 0.0697. The van der Waals surface area contributed by atoms with E-state index in [2.05, 4.69) is 25.9 Å². The molecule has 1 heterocycles. The van der Waals surface area contributed by atoms with Gasteiger partial charge in [0, 0.05) is 27.2 Å². The summed E-state index contributed by atoms with van der Waals surface area (Å²) in [5.41, 5.74) is 2.92. The van der Waals surface area contributed by atoms with Crippen molar-refractivity contribution in [3.05, 3.63) is 88.3 Å². The second-order valence-corrected chi connectivity index (χ2v) is 7.83. The van der Waals surface area contributed by atoms with Gasteiger partial charge in [0.1, 0.15) is 29.7 Å². The van der Waals surface area contributed by atoms with E-state index in [1.807, 2.05) is 6.07 Å². The van der Waals surface area contributed by atoms with Gasteiger partial charge in [-0.3, -0.25) is 0 Å². The van der Waals surface area contributed by atoms with Crippen LogP contribution in [0.25, 0.3) is 22.6 Å². The highest BCUT2D eigenvalue weighted by atomic mass is 79.9. The number of carboxylic acid groups (broad SMARTS) is 1. The first-order chi connectivity index (χ1) is 15.4. The Kier molecular flexibility index (Phi) is 7.73. The van der Waals surface area contributed by atoms with E-state index in [4.69, 9.17) is 14.6 Å². The molecule has 170 valence electrons. The third-order valence-corrected chi connectivity index (χ3v) is 5.35. The molecule has 0 aliphatic rings. The molecule has 0 spiro atoms. The van der Waals surface area contributed by atoms with E-state index >= 15 is 0 Å². The van der Waals surface area contributed by atoms with Crippen LogP contribution in [-0.4, -0.2) is 28.2 Å². The maximum atomic E-state index is 14.0. The summed E-state index contributed by atoms with van der Waals surface area (Å²) in [6.45, 7) is 0.0855. The van der Waals surface area contributed by atoms with Gasteiger partial charge in [0.15, 0.2) is 0 Å². The molecule has 33 heavy (non-hydrogen) atoms. The number of imidazole rings is 1. The molecule has 0 aliphatic carbocycles. The monoisotopic (exact) mass is 532 g/mol. The zero-order chi connectivity index (χ0) is 22.7. The number of ether oxygens (including phenoxy) is 2. The number of nitrogens with one attached hydrogen (secondary N) is 1. The molecule has 0 aliphatic heterocycles. The van der Waals surface area contributed by atoms with E-state index in [-0.39, 0.29) is 30.4 Å². The lowest BCUT2D eigenvalue weighted by atomic mass is 10.1. The quantitative estimate of drug-likeness (QED) is 0.289. The van der Waals surface area contributed by atoms with Gasteiger partial charge < -0.3 is 19.6 Å². The van der Waals surface area contributed by atoms with Crippen LogP contribution in [0.2, 0.25) is 0 Å². The highest BCUT2D eigenvalue weighted by Gasteiger charge is 2.13. The summed E-state index contributed by atoms with van der Waals surface area (Å²) in [5.74, 6) is 0.382. The number of aromatic nitrogens is 2. The molecule has 9 heteroatoms. The molecule has 4 aromatic rings. The topological polar surface area (TPSA) is 84.4 Å². The van der Waals surface area contributed by atoms with Crippen LogP contribution >= 0.6 is 28.3 Å². The van der Waals surface area contributed by atoms with Gasteiger partial charge in [-0.1, -0.05) is 34.1 Å². The maximum Gasteiger partial charge on any atom is 0.335 e. The number of methoxy groups -OCH3 is 1. The minimum Gasteiger partial charge on any atom is -0.496 e. The molecule has 0 radical (unpaired) electrons. The molecular formula is C24H19BrClFN2O4. The molecule has 0 saturated carbocycles. The predicted octanol–water partition coefficient (Wildman–Crippen LogP) is 6.35. The third-order valence-electron chi connectivity index (χ3n) is 4.85. The molecule has 0 unspecified atom stereocenters. The summed E-state index contributed by atoms with van der Waals surface area (Å²) in [4.78, 5) is 18.6. The molecule has 6 nitrogen and oxygen atoms in total. The van der Waals surface area contributed by atoms with Crippen LogP contribution in [0.1, 0.15) is 15.9 Å². The van der Waals surface area contributed by atoms with E-state index < -0.39 is 5.97 Å². The highest BCUT2D eigenvalue weighted by Crippen LogP contribution is 2.34. The zero-order valence-electron chi connectivity index (χ0n) is 17.3. The average molecular weight is 534 g/mol. The molecular weight excluding hydrogens is 515 g/mol. The Morgan fingerprint density at radius 2 is 1.88 bits per heavy atom. The Morgan fingerprint density at radius 3 is 2.55 bits per heavy atom. The van der Waals surface area contributed by atoms with Gasteiger partial charge >= 0.3 is 5.97 Å². The standard InChI is InChI=1S/C24H18BrFN2O4.ClH/c1-31-22-11-18(32-13-16-6-7-17(25)10-20(16)26)8-9-19(22)21-12-27-23(28-21)14-2-4-15(5-3-14)24(29)30;/h2-12H,13H2,1H3,(H,27,28)(H,29,30);1H. The Hall–Kier alpha value is -3.36. The van der Waals surface area contributed by atoms with E-state index in [1.54, 1.807) is 49.7 Å². The highest BCUT2D eigenvalue weighted by molar-refractivity contribution is 9.10. The van der Waals surface area contributed by atoms with Crippen molar-refractivity contribution in [1.29, 1.82) is 0 Å². The second-order valence-electron chi connectivity index (χ2n) is 6.91. The summed E-state index contributed by atoms with van der Waals surface area (Å²) in [6.07, 6.45) is 1.68. The fraction of sp³-hybridized carbons (Fsp3) is 0.0833. The van der Waals surface area contributed by atoms with Gasteiger partial charge in [-0.15, -0.1) is 12.4 Å². The number of rotatable bonds is 7. The predicted molar refractivity (Wildman–Crippen MR) is 129 cm³/mol. The fourth-order valence-corrected chi connectivity index (χ4v) is 3.49. The molecule has 3 aromatic carbocycles. The number of aromatic carboxylic acids is 1. The summed E-state index contributed by atoms with van der Waals surface area (Å²) >= 11 is 3.24. The smallest absolute Gasteiger partial charge is 0.335 e. The SMILES string of the molecule is COc1cc(OCc2ccc(Br)cc2F)ccc1-c1cnc(-c2ccc(C(=O)O)cc2)[nH]1.Cl. The zero-order valence-corrected chi connectivity index (χ0v) is 19.7. The second kappa shape index (κ2) is 10.5. The van der Waals surface area contributed by atoms with Crippen molar-refractivity contribution >= 4 is 34.3 Å². The summed E-state index contributed by atoms with van der Waals surface area (Å²) in [6, 6.07) is 16.6. The van der Waals surface area contributed by atoms with Gasteiger partial charge in [-0.25, -0.2) is 14.2 Å². The number of carbonyl (C=O) groups is 1. The first-order valence-electron chi connectivity index (χ1n) is 9.58. The van der Waals surface area contributed by atoms with Gasteiger partial charge in [-0.05, 0) is 36.4 Å². The van der Waals surface area contributed by atoms with Crippen molar-refractivity contribution in [2.75, 3.05) is 7.11 Å². The number of carboxylic acids is 1. The number of nitrogens with zero attached hydrogens (tertiary/aromatic N) is 1. The van der Waals surface area contributed by atoms with Crippen LogP contribution in [0.15, 0.2) is 71.3 Å². The number of hydrogen-bond donors (Lipinski definition) is 2. The number of halogens is 3. The Bertz CT molecular complexity index is 1280. The van der Waals surface area contributed by atoms with E-state index in [1.165, 1.54) is 18.2 Å². The molecule has 0 saturated heterocycles. The number of H-pyrrole nitrogens is 1. The third kappa shape index (κ3) is 5.53. The molecule has 2 N–H and O–H groups in total. The van der Waals surface area contributed by atoms with Crippen molar-refractivity contribution in [2.45, 2.75) is 6.61 Å². The molecule has 0 bridgehead atoms. The first-order valence-corrected chi connectivity index (χ1v) is 10.4. The number of aromatic amines is 1. The summed E-state index contributed by atoms with van der Waals surface area (Å²) in [7, 11) is 1.55. The summed E-state index contributed by atoms with van der Waals surface area (Å²) < 4.78 is 25.9. The van der Waals surface area contributed by atoms with Crippen molar-refractivity contribution in [3.63, 3.8) is 0 Å². The van der Waals surface area contributed by atoms with Gasteiger partial charge in [0.25, 0.3) is 0 Å². The lowest BCUT2D eigenvalue weighted by Gasteiger charge is -2.11. The van der Waals surface area contributed by atoms with Gasteiger partial charge in [0.2, 0.25) is 0 Å². The Morgan fingerprint density at radius 1 is 1.12 bits per heavy atom. The molecule has 0 fully saturated rings. The van der Waals surface area contributed by atoms with E-state index in [0.717, 1.165) is 16.8 Å². The first kappa shape index (κ1) is 24.3. The molecule has 4 rings (SSSR count). The maximum absolute atomic E-state index is 14.0. The summed E-state index contributed by atoms with van der Waals surface area (Å²) in [5, 5.41) is 9.04. The lowest BCUT2D eigenvalue weighted by Crippen LogP contribution is -1.99. The van der Waals surface area contributed by atoms with E-state index in [9.17, 15) is 9.18 Å². The van der Waals surface area contributed by atoms with Crippen molar-refractivity contribution < 1.29 is 23.8 Å². The van der Waals surface area contributed by atoms with Crippen LogP contribution in [0.5, 0.6) is 11.5 Å². The van der Waals surface area contributed by atoms with Crippen LogP contribution in [0, 0.1) is 5.82 Å². The van der Waals surface area contributed by atoms with Crippen LogP contribution in [0.3, 0.4) is 0 Å². The minimum atomic E-state index is -0.980. The van der Waals surface area contributed by atoms with Crippen LogP contribution < -0.4 is 9.47 Å². The Balaban J connectivity index is 0.00000306. The average Bonchev–Trinajstić information content (AvgIpc) is 3.28. The molecule has 1 aromatic heterocycles. The fourth-order valence-electron chi connectivity index (χ4n) is 3.16. The van der Waals surface area contributed by atoms with Gasteiger partial charge in [-0.2, -0.15) is 0 Å². The normalized spacial score (nSPS) is 10.4. The van der Waals surface area contributed by atoms with Crippen molar-refractivity contribution in [2.24, 2.45) is 0 Å².